The first-order valence-corrected chi connectivity index (χ1v) is 8.31. The molecule has 2 aromatic rings. The van der Waals surface area contributed by atoms with Gasteiger partial charge in [0.05, 0.1) is 12.6 Å². The predicted octanol–water partition coefficient (Wildman–Crippen LogP) is 3.62. The average molecular weight is 322 g/mol. The highest BCUT2D eigenvalue weighted by molar-refractivity contribution is 6.03. The zero-order valence-electron chi connectivity index (χ0n) is 13.9. The van der Waals surface area contributed by atoms with E-state index in [0.717, 1.165) is 25.0 Å². The summed E-state index contributed by atoms with van der Waals surface area (Å²) < 4.78 is 5.69. The van der Waals surface area contributed by atoms with Gasteiger partial charge in [0, 0.05) is 18.9 Å². The van der Waals surface area contributed by atoms with E-state index >= 15 is 0 Å². The summed E-state index contributed by atoms with van der Waals surface area (Å²) in [7, 11) is 0. The lowest BCUT2D eigenvalue weighted by molar-refractivity contribution is -0.114. The van der Waals surface area contributed by atoms with Gasteiger partial charge in [0.25, 0.3) is 5.91 Å². The van der Waals surface area contributed by atoms with Crippen LogP contribution in [0.15, 0.2) is 54.7 Å². The van der Waals surface area contributed by atoms with E-state index in [1.165, 1.54) is 5.56 Å². The Morgan fingerprint density at radius 3 is 2.79 bits per heavy atom. The summed E-state index contributed by atoms with van der Waals surface area (Å²) in [5.41, 5.74) is 2.21. The maximum absolute atomic E-state index is 12.7. The second kappa shape index (κ2) is 7.88. The van der Waals surface area contributed by atoms with Crippen LogP contribution in [0.4, 0.5) is 5.82 Å². The number of anilines is 1. The Labute approximate surface area is 142 Å². The van der Waals surface area contributed by atoms with Crippen LogP contribution in [0, 0.1) is 6.92 Å². The van der Waals surface area contributed by atoms with Gasteiger partial charge in [-0.1, -0.05) is 35.9 Å². The van der Waals surface area contributed by atoms with Gasteiger partial charge in [0.1, 0.15) is 5.82 Å². The monoisotopic (exact) mass is 322 g/mol. The van der Waals surface area contributed by atoms with Crippen molar-refractivity contribution in [3.05, 3.63) is 65.9 Å². The van der Waals surface area contributed by atoms with E-state index < -0.39 is 0 Å². The van der Waals surface area contributed by atoms with Crippen molar-refractivity contribution in [1.82, 2.24) is 4.98 Å². The number of hydrogen-bond donors (Lipinski definition) is 0. The molecule has 0 saturated carbocycles. The second-order valence-corrected chi connectivity index (χ2v) is 6.02. The summed E-state index contributed by atoms with van der Waals surface area (Å²) in [5.74, 6) is 0.580. The lowest BCUT2D eigenvalue weighted by atomic mass is 10.1. The van der Waals surface area contributed by atoms with Crippen molar-refractivity contribution in [2.75, 3.05) is 18.1 Å². The number of hydrogen-bond acceptors (Lipinski definition) is 3. The van der Waals surface area contributed by atoms with E-state index in [4.69, 9.17) is 4.74 Å². The van der Waals surface area contributed by atoms with Crippen LogP contribution in [0.2, 0.25) is 0 Å². The molecule has 0 radical (unpaired) electrons. The summed E-state index contributed by atoms with van der Waals surface area (Å²) >= 11 is 0. The molecule has 1 aliphatic heterocycles. The van der Waals surface area contributed by atoms with Crippen LogP contribution < -0.4 is 4.90 Å². The Bertz CT molecular complexity index is 689. The molecule has 2 heterocycles. The van der Waals surface area contributed by atoms with Crippen LogP contribution in [-0.2, 0) is 9.53 Å². The molecule has 4 nitrogen and oxygen atoms in total. The third-order valence-electron chi connectivity index (χ3n) is 4.10. The predicted molar refractivity (Wildman–Crippen MR) is 95.8 cm³/mol. The molecule has 1 aromatic heterocycles. The number of benzene rings is 1. The molecule has 24 heavy (non-hydrogen) atoms. The zero-order valence-corrected chi connectivity index (χ0v) is 13.9. The van der Waals surface area contributed by atoms with Gasteiger partial charge < -0.3 is 4.74 Å². The van der Waals surface area contributed by atoms with Crippen LogP contribution in [0.5, 0.6) is 0 Å². The topological polar surface area (TPSA) is 42.4 Å². The highest BCUT2D eigenvalue weighted by Crippen LogP contribution is 2.18. The maximum atomic E-state index is 12.7. The summed E-state index contributed by atoms with van der Waals surface area (Å²) in [4.78, 5) is 18.7. The molecule has 1 saturated heterocycles. The smallest absolute Gasteiger partial charge is 0.252 e. The number of ether oxygens (including phenoxy) is 1. The number of carbonyl (C=O) groups is 1. The number of aryl methyl sites for hydroxylation is 1. The fourth-order valence-electron chi connectivity index (χ4n) is 2.74. The molecule has 1 atom stereocenters. The first-order valence-electron chi connectivity index (χ1n) is 8.31. The molecule has 124 valence electrons. The maximum Gasteiger partial charge on any atom is 0.252 e. The van der Waals surface area contributed by atoms with E-state index in [2.05, 4.69) is 4.98 Å². The van der Waals surface area contributed by atoms with Crippen LogP contribution in [-0.4, -0.2) is 30.1 Å². The van der Waals surface area contributed by atoms with Crippen molar-refractivity contribution in [1.29, 1.82) is 0 Å². The lowest BCUT2D eigenvalue weighted by Crippen LogP contribution is -2.37. The standard InChI is InChI=1S/C20H22N2O2/c1-16-7-9-17(10-8-16)11-12-20(23)22(15-18-5-4-14-24-18)19-6-2-3-13-21-19/h2-3,6-13,18H,4-5,14-15H2,1H3/b12-11+. The van der Waals surface area contributed by atoms with Crippen LogP contribution in [0.1, 0.15) is 24.0 Å². The number of nitrogens with zero attached hydrogens (tertiary/aromatic N) is 2. The Morgan fingerprint density at radius 2 is 2.12 bits per heavy atom. The largest absolute Gasteiger partial charge is 0.376 e. The number of pyridine rings is 1. The molecule has 4 heteroatoms. The van der Waals surface area contributed by atoms with Crippen molar-refractivity contribution in [3.63, 3.8) is 0 Å². The molecule has 0 spiro atoms. The minimum atomic E-state index is -0.0789. The molecule has 1 aromatic carbocycles. The highest BCUT2D eigenvalue weighted by atomic mass is 16.5. The minimum absolute atomic E-state index is 0.0789. The average Bonchev–Trinajstić information content (AvgIpc) is 3.13. The van der Waals surface area contributed by atoms with Gasteiger partial charge in [-0.2, -0.15) is 0 Å². The molecule has 0 aliphatic carbocycles. The van der Waals surface area contributed by atoms with Crippen molar-refractivity contribution < 1.29 is 9.53 Å². The van der Waals surface area contributed by atoms with E-state index in [1.54, 1.807) is 17.2 Å². The van der Waals surface area contributed by atoms with E-state index in [9.17, 15) is 4.79 Å². The van der Waals surface area contributed by atoms with E-state index in [-0.39, 0.29) is 12.0 Å². The van der Waals surface area contributed by atoms with Gasteiger partial charge >= 0.3 is 0 Å². The fourth-order valence-corrected chi connectivity index (χ4v) is 2.74. The quantitative estimate of drug-likeness (QED) is 0.790. The van der Waals surface area contributed by atoms with Crippen LogP contribution >= 0.6 is 0 Å². The second-order valence-electron chi connectivity index (χ2n) is 6.02. The summed E-state index contributed by atoms with van der Waals surface area (Å²) in [6.45, 7) is 3.35. The van der Waals surface area contributed by atoms with Gasteiger partial charge in [0.15, 0.2) is 0 Å². The van der Waals surface area contributed by atoms with Gasteiger partial charge in [-0.05, 0) is 43.5 Å². The SMILES string of the molecule is Cc1ccc(/C=C/C(=O)N(CC2CCCO2)c2ccccn2)cc1. The summed E-state index contributed by atoms with van der Waals surface area (Å²) in [6, 6.07) is 13.7. The van der Waals surface area contributed by atoms with E-state index in [0.29, 0.717) is 12.4 Å². The number of aromatic nitrogens is 1. The molecular weight excluding hydrogens is 300 g/mol. The molecule has 1 aliphatic rings. The van der Waals surface area contributed by atoms with Crippen molar-refractivity contribution in [2.45, 2.75) is 25.9 Å². The third kappa shape index (κ3) is 4.30. The molecule has 1 unspecified atom stereocenters. The normalized spacial score (nSPS) is 17.3. The minimum Gasteiger partial charge on any atom is -0.376 e. The highest BCUT2D eigenvalue weighted by Gasteiger charge is 2.23. The van der Waals surface area contributed by atoms with Crippen molar-refractivity contribution >= 4 is 17.8 Å². The number of rotatable bonds is 5. The van der Waals surface area contributed by atoms with Crippen LogP contribution in [0.25, 0.3) is 6.08 Å². The van der Waals surface area contributed by atoms with Gasteiger partial charge in [-0.3, -0.25) is 9.69 Å². The molecule has 1 fully saturated rings. The van der Waals surface area contributed by atoms with Crippen molar-refractivity contribution in [2.24, 2.45) is 0 Å². The van der Waals surface area contributed by atoms with Crippen LogP contribution in [0.3, 0.4) is 0 Å². The fraction of sp³-hybridized carbons (Fsp3) is 0.300. The van der Waals surface area contributed by atoms with Gasteiger partial charge in [-0.15, -0.1) is 0 Å². The molecule has 0 N–H and O–H groups in total. The van der Waals surface area contributed by atoms with Crippen molar-refractivity contribution in [3.8, 4) is 0 Å². The molecule has 0 bridgehead atoms. The molecular formula is C20H22N2O2. The third-order valence-corrected chi connectivity index (χ3v) is 4.10. The Kier molecular flexibility index (Phi) is 5.39. The summed E-state index contributed by atoms with van der Waals surface area (Å²) in [6.07, 6.45) is 7.27. The number of carbonyl (C=O) groups excluding carboxylic acids is 1. The van der Waals surface area contributed by atoms with E-state index in [1.807, 2.05) is 55.5 Å². The molecule has 1 amide bonds. The first-order chi connectivity index (χ1) is 11.7. The Morgan fingerprint density at radius 1 is 1.29 bits per heavy atom. The first kappa shape index (κ1) is 16.4. The number of amides is 1. The Hall–Kier alpha value is -2.46. The zero-order chi connectivity index (χ0) is 16.8. The lowest BCUT2D eigenvalue weighted by Gasteiger charge is -2.23. The van der Waals surface area contributed by atoms with Gasteiger partial charge in [0.2, 0.25) is 0 Å². The molecule has 3 rings (SSSR count). The summed E-state index contributed by atoms with van der Waals surface area (Å²) in [5, 5.41) is 0. The van der Waals surface area contributed by atoms with Gasteiger partial charge in [-0.25, -0.2) is 4.98 Å². The Balaban J connectivity index is 1.76.